The van der Waals surface area contributed by atoms with Gasteiger partial charge in [-0.05, 0) is 17.7 Å². The molecule has 1 aromatic carbocycles. The molecule has 1 aromatic heterocycles. The van der Waals surface area contributed by atoms with Gasteiger partial charge in [-0.25, -0.2) is 0 Å². The Morgan fingerprint density at radius 1 is 1.41 bits per heavy atom. The lowest BCUT2D eigenvalue weighted by Gasteiger charge is -2.10. The number of benzene rings is 1. The van der Waals surface area contributed by atoms with Gasteiger partial charge >= 0.3 is 0 Å². The van der Waals surface area contributed by atoms with Crippen LogP contribution < -0.4 is 4.74 Å². The largest absolute Gasteiger partial charge is 0.485 e. The lowest BCUT2D eigenvalue weighted by atomic mass is 10.1. The van der Waals surface area contributed by atoms with Crippen LogP contribution in [-0.2, 0) is 19.5 Å². The zero-order valence-electron chi connectivity index (χ0n) is 9.72. The van der Waals surface area contributed by atoms with Crippen molar-refractivity contribution < 1.29 is 4.74 Å². The number of nitrogens with zero attached hydrogens (tertiary/aromatic N) is 4. The number of halogens is 1. The third-order valence-corrected chi connectivity index (χ3v) is 2.62. The van der Waals surface area contributed by atoms with Crippen molar-refractivity contribution in [3.8, 4) is 5.75 Å². The highest BCUT2D eigenvalue weighted by molar-refractivity contribution is 6.17. The Labute approximate surface area is 104 Å². The smallest absolute Gasteiger partial charge is 0.212 e. The summed E-state index contributed by atoms with van der Waals surface area (Å²) in [7, 11) is 1.72. The molecule has 0 aliphatic rings. The number of rotatable bonds is 4. The molecule has 1 heterocycles. The Bertz CT molecular complexity index is 512. The molecule has 0 atom stereocenters. The molecule has 0 unspecified atom stereocenters. The maximum atomic E-state index is 5.86. The molecule has 90 valence electrons. The van der Waals surface area contributed by atoms with Crippen LogP contribution in [0.3, 0.4) is 0 Å². The van der Waals surface area contributed by atoms with E-state index in [1.807, 2.05) is 25.1 Å². The van der Waals surface area contributed by atoms with E-state index in [4.69, 9.17) is 16.3 Å². The molecular weight excluding hydrogens is 240 g/mol. The average molecular weight is 253 g/mol. The summed E-state index contributed by atoms with van der Waals surface area (Å²) in [6.45, 7) is 2.28. The first-order valence-corrected chi connectivity index (χ1v) is 5.74. The first-order chi connectivity index (χ1) is 8.20. The first kappa shape index (κ1) is 11.9. The van der Waals surface area contributed by atoms with E-state index in [2.05, 4.69) is 15.4 Å². The molecule has 0 saturated carbocycles. The Morgan fingerprint density at radius 2 is 2.24 bits per heavy atom. The first-order valence-electron chi connectivity index (χ1n) is 5.21. The fourth-order valence-electron chi connectivity index (χ4n) is 1.54. The van der Waals surface area contributed by atoms with Gasteiger partial charge in [0.2, 0.25) is 5.82 Å². The third-order valence-electron chi connectivity index (χ3n) is 2.33. The monoisotopic (exact) mass is 252 g/mol. The van der Waals surface area contributed by atoms with E-state index in [-0.39, 0.29) is 0 Å². The molecular formula is C11H13ClN4O. The standard InChI is InChI=1S/C11H13ClN4O/c1-8-4-3-5-9(6-12)11(8)17-7-10-13-15-16(2)14-10/h3-5H,6-7H2,1-2H3. The van der Waals surface area contributed by atoms with Gasteiger partial charge < -0.3 is 4.74 Å². The van der Waals surface area contributed by atoms with Gasteiger partial charge in [0.25, 0.3) is 0 Å². The van der Waals surface area contributed by atoms with Crippen molar-refractivity contribution in [3.05, 3.63) is 35.2 Å². The van der Waals surface area contributed by atoms with Crippen molar-refractivity contribution in [1.29, 1.82) is 0 Å². The van der Waals surface area contributed by atoms with E-state index in [9.17, 15) is 0 Å². The molecule has 6 heteroatoms. The summed E-state index contributed by atoms with van der Waals surface area (Å²) in [5.41, 5.74) is 2.02. The molecule has 0 saturated heterocycles. The number of para-hydroxylation sites is 1. The summed E-state index contributed by atoms with van der Waals surface area (Å²) < 4.78 is 5.70. The third kappa shape index (κ3) is 2.74. The Kier molecular flexibility index (Phi) is 3.58. The molecule has 0 aliphatic carbocycles. The predicted molar refractivity (Wildman–Crippen MR) is 63.9 cm³/mol. The summed E-state index contributed by atoms with van der Waals surface area (Å²) in [4.78, 5) is 1.40. The minimum absolute atomic E-state index is 0.294. The highest BCUT2D eigenvalue weighted by Crippen LogP contribution is 2.25. The molecule has 5 nitrogen and oxygen atoms in total. The SMILES string of the molecule is Cc1cccc(CCl)c1OCc1nnn(C)n1. The van der Waals surface area contributed by atoms with Crippen LogP contribution in [0.4, 0.5) is 0 Å². The Morgan fingerprint density at radius 3 is 2.88 bits per heavy atom. The van der Waals surface area contributed by atoms with Crippen LogP contribution >= 0.6 is 11.6 Å². The van der Waals surface area contributed by atoms with Gasteiger partial charge in [-0.1, -0.05) is 18.2 Å². The van der Waals surface area contributed by atoms with Crippen molar-refractivity contribution in [2.45, 2.75) is 19.4 Å². The van der Waals surface area contributed by atoms with Crippen LogP contribution in [0.25, 0.3) is 0 Å². The minimum atomic E-state index is 0.294. The van der Waals surface area contributed by atoms with Crippen LogP contribution in [0.5, 0.6) is 5.75 Å². The van der Waals surface area contributed by atoms with E-state index in [1.54, 1.807) is 7.05 Å². The lowest BCUT2D eigenvalue weighted by molar-refractivity contribution is 0.291. The topological polar surface area (TPSA) is 52.8 Å². The van der Waals surface area contributed by atoms with Gasteiger partial charge in [-0.15, -0.1) is 21.8 Å². The van der Waals surface area contributed by atoms with E-state index in [0.717, 1.165) is 16.9 Å². The number of ether oxygens (including phenoxy) is 1. The van der Waals surface area contributed by atoms with E-state index < -0.39 is 0 Å². The number of hydrogen-bond donors (Lipinski definition) is 0. The van der Waals surface area contributed by atoms with E-state index in [1.165, 1.54) is 4.80 Å². The van der Waals surface area contributed by atoms with Gasteiger partial charge in [0.15, 0.2) is 6.61 Å². The molecule has 2 rings (SSSR count). The maximum absolute atomic E-state index is 5.86. The van der Waals surface area contributed by atoms with Gasteiger partial charge in [0.05, 0.1) is 12.9 Å². The van der Waals surface area contributed by atoms with Crippen LogP contribution in [0, 0.1) is 6.92 Å². The quantitative estimate of drug-likeness (QED) is 0.779. The summed E-state index contributed by atoms with van der Waals surface area (Å²) in [5, 5.41) is 11.7. The molecule has 17 heavy (non-hydrogen) atoms. The summed E-state index contributed by atoms with van der Waals surface area (Å²) >= 11 is 5.86. The second kappa shape index (κ2) is 5.14. The minimum Gasteiger partial charge on any atom is -0.485 e. The predicted octanol–water partition coefficient (Wildman–Crippen LogP) is 1.84. The summed E-state index contributed by atoms with van der Waals surface area (Å²) in [6.07, 6.45) is 0. The second-order valence-electron chi connectivity index (χ2n) is 3.68. The number of aromatic nitrogens is 4. The van der Waals surface area contributed by atoms with Gasteiger partial charge in [0, 0.05) is 5.56 Å². The number of tetrazole rings is 1. The van der Waals surface area contributed by atoms with Gasteiger partial charge in [0.1, 0.15) is 5.75 Å². The van der Waals surface area contributed by atoms with Crippen LogP contribution in [0.2, 0.25) is 0 Å². The van der Waals surface area contributed by atoms with Crippen molar-refractivity contribution in [2.24, 2.45) is 7.05 Å². The van der Waals surface area contributed by atoms with Crippen molar-refractivity contribution >= 4 is 11.6 Å². The molecule has 0 N–H and O–H groups in total. The summed E-state index contributed by atoms with van der Waals surface area (Å²) in [5.74, 6) is 1.77. The van der Waals surface area contributed by atoms with Gasteiger partial charge in [-0.2, -0.15) is 4.80 Å². The number of aryl methyl sites for hydroxylation is 2. The molecule has 0 fully saturated rings. The van der Waals surface area contributed by atoms with Gasteiger partial charge in [-0.3, -0.25) is 0 Å². The zero-order chi connectivity index (χ0) is 12.3. The lowest BCUT2D eigenvalue weighted by Crippen LogP contribution is -2.02. The fraction of sp³-hybridized carbons (Fsp3) is 0.364. The molecule has 0 spiro atoms. The average Bonchev–Trinajstić information content (AvgIpc) is 2.73. The second-order valence-corrected chi connectivity index (χ2v) is 3.95. The van der Waals surface area contributed by atoms with Crippen molar-refractivity contribution in [1.82, 2.24) is 20.2 Å². The molecule has 0 bridgehead atoms. The molecule has 2 aromatic rings. The normalized spacial score (nSPS) is 10.5. The number of hydrogen-bond acceptors (Lipinski definition) is 4. The molecule has 0 aliphatic heterocycles. The van der Waals surface area contributed by atoms with E-state index >= 15 is 0 Å². The van der Waals surface area contributed by atoms with Crippen LogP contribution in [0.1, 0.15) is 17.0 Å². The number of alkyl halides is 1. The van der Waals surface area contributed by atoms with Crippen molar-refractivity contribution in [3.63, 3.8) is 0 Å². The highest BCUT2D eigenvalue weighted by atomic mass is 35.5. The van der Waals surface area contributed by atoms with E-state index in [0.29, 0.717) is 18.3 Å². The molecule has 0 radical (unpaired) electrons. The Balaban J connectivity index is 2.13. The summed E-state index contributed by atoms with van der Waals surface area (Å²) in [6, 6.07) is 5.88. The van der Waals surface area contributed by atoms with Crippen LogP contribution in [0.15, 0.2) is 18.2 Å². The Hall–Kier alpha value is -1.62. The van der Waals surface area contributed by atoms with Crippen LogP contribution in [-0.4, -0.2) is 20.2 Å². The van der Waals surface area contributed by atoms with Crippen molar-refractivity contribution in [2.75, 3.05) is 0 Å². The maximum Gasteiger partial charge on any atom is 0.212 e. The fourth-order valence-corrected chi connectivity index (χ4v) is 1.75. The zero-order valence-corrected chi connectivity index (χ0v) is 10.5. The highest BCUT2D eigenvalue weighted by Gasteiger charge is 2.08. The molecule has 0 amide bonds.